The second-order valence-electron chi connectivity index (χ2n) is 13.0. The molecule has 0 unspecified atom stereocenters. The second-order valence-corrected chi connectivity index (χ2v) is 13.0. The average molecular weight is 619 g/mol. The molecule has 0 amide bonds. The van der Waals surface area contributed by atoms with Crippen molar-refractivity contribution in [2.24, 2.45) is 0 Å². The fraction of sp³-hybridized carbons (Fsp3) is 0.571. The summed E-state index contributed by atoms with van der Waals surface area (Å²) in [5, 5.41) is 0. The van der Waals surface area contributed by atoms with Gasteiger partial charge in [0.1, 0.15) is 5.75 Å². The van der Waals surface area contributed by atoms with Crippen LogP contribution in [-0.4, -0.2) is 6.61 Å². The van der Waals surface area contributed by atoms with Crippen molar-refractivity contribution in [1.82, 2.24) is 0 Å². The van der Waals surface area contributed by atoms with Crippen LogP contribution in [0.25, 0.3) is 22.3 Å². The molecule has 0 radical (unpaired) electrons. The van der Waals surface area contributed by atoms with Crippen LogP contribution in [0.2, 0.25) is 0 Å². The van der Waals surface area contributed by atoms with E-state index in [9.17, 15) is 4.39 Å². The maximum atomic E-state index is 15.1. The highest BCUT2D eigenvalue weighted by atomic mass is 19.2. The minimum absolute atomic E-state index is 0.321. The summed E-state index contributed by atoms with van der Waals surface area (Å²) in [5.41, 5.74) is 3.62. The molecule has 0 bridgehead atoms. The van der Waals surface area contributed by atoms with Crippen LogP contribution in [0.3, 0.4) is 0 Å². The van der Waals surface area contributed by atoms with Gasteiger partial charge in [0.15, 0.2) is 11.6 Å². The fourth-order valence-corrected chi connectivity index (χ4v) is 6.17. The summed E-state index contributed by atoms with van der Waals surface area (Å²) >= 11 is 0. The summed E-state index contributed by atoms with van der Waals surface area (Å²) in [4.78, 5) is 0. The fourth-order valence-electron chi connectivity index (χ4n) is 6.17. The number of ether oxygens (including phenoxy) is 1. The van der Waals surface area contributed by atoms with Crippen molar-refractivity contribution in [2.45, 2.75) is 149 Å². The number of rotatable bonds is 25. The van der Waals surface area contributed by atoms with Crippen LogP contribution in [0.5, 0.6) is 5.75 Å². The summed E-state index contributed by atoms with van der Waals surface area (Å²) in [6.07, 6.45) is 26.1. The Labute approximate surface area is 274 Å². The van der Waals surface area contributed by atoms with Crippen molar-refractivity contribution in [1.29, 1.82) is 0 Å². The highest BCUT2D eigenvalue weighted by Gasteiger charge is 2.15. The SMILES string of the molecule is CCCCCCCCCCCCOc1ccc(-c2ccc(-c3ccc(CCCCCCCCCCCC)c(F)c3F)cc2)cc1. The van der Waals surface area contributed by atoms with Crippen LogP contribution in [0.15, 0.2) is 60.7 Å². The Morgan fingerprint density at radius 2 is 0.844 bits per heavy atom. The second kappa shape index (κ2) is 22.8. The molecule has 0 aromatic heterocycles. The first kappa shape index (κ1) is 36.8. The van der Waals surface area contributed by atoms with Crippen molar-refractivity contribution < 1.29 is 13.5 Å². The molecule has 45 heavy (non-hydrogen) atoms. The first-order valence-electron chi connectivity index (χ1n) is 18.4. The topological polar surface area (TPSA) is 9.23 Å². The molecule has 0 saturated carbocycles. The minimum atomic E-state index is -0.740. The van der Waals surface area contributed by atoms with Gasteiger partial charge >= 0.3 is 0 Å². The van der Waals surface area contributed by atoms with Crippen molar-refractivity contribution >= 4 is 0 Å². The van der Waals surface area contributed by atoms with E-state index in [-0.39, 0.29) is 0 Å². The molecule has 3 heteroatoms. The highest BCUT2D eigenvalue weighted by molar-refractivity contribution is 5.71. The van der Waals surface area contributed by atoms with Gasteiger partial charge in [-0.25, -0.2) is 8.78 Å². The quantitative estimate of drug-likeness (QED) is 0.0858. The van der Waals surface area contributed by atoms with E-state index in [0.29, 0.717) is 23.1 Å². The highest BCUT2D eigenvalue weighted by Crippen LogP contribution is 2.30. The lowest BCUT2D eigenvalue weighted by atomic mass is 9.97. The van der Waals surface area contributed by atoms with Crippen LogP contribution < -0.4 is 4.74 Å². The monoisotopic (exact) mass is 618 g/mol. The third-order valence-electron chi connectivity index (χ3n) is 9.11. The summed E-state index contributed by atoms with van der Waals surface area (Å²) in [6, 6.07) is 19.4. The van der Waals surface area contributed by atoms with E-state index in [1.165, 1.54) is 109 Å². The Morgan fingerprint density at radius 3 is 1.36 bits per heavy atom. The Bertz CT molecular complexity index is 1170. The molecule has 3 aromatic rings. The number of aryl methyl sites for hydroxylation is 1. The molecule has 0 aliphatic heterocycles. The molecule has 248 valence electrons. The molecule has 0 aliphatic carbocycles. The number of hydrogen-bond acceptors (Lipinski definition) is 1. The molecule has 0 atom stereocenters. The molecule has 0 N–H and O–H groups in total. The Kier molecular flexibility index (Phi) is 18.6. The lowest BCUT2D eigenvalue weighted by Crippen LogP contribution is -1.98. The number of benzene rings is 3. The van der Waals surface area contributed by atoms with Crippen LogP contribution >= 0.6 is 0 Å². The molecule has 0 spiro atoms. The van der Waals surface area contributed by atoms with Crippen molar-refractivity contribution in [3.8, 4) is 28.0 Å². The molecule has 0 fully saturated rings. The molecule has 3 aromatic carbocycles. The van der Waals surface area contributed by atoms with E-state index in [4.69, 9.17) is 4.74 Å². The number of hydrogen-bond donors (Lipinski definition) is 0. The van der Waals surface area contributed by atoms with Gasteiger partial charge in [0.25, 0.3) is 0 Å². The molecule has 0 saturated heterocycles. The van der Waals surface area contributed by atoms with E-state index in [0.717, 1.165) is 42.7 Å². The first-order chi connectivity index (χ1) is 22.1. The predicted molar refractivity (Wildman–Crippen MR) is 190 cm³/mol. The molecule has 0 aliphatic rings. The van der Waals surface area contributed by atoms with Gasteiger partial charge in [-0.2, -0.15) is 0 Å². The molecule has 1 nitrogen and oxygen atoms in total. The smallest absolute Gasteiger partial charge is 0.166 e. The van der Waals surface area contributed by atoms with Crippen molar-refractivity contribution in [3.05, 3.63) is 77.9 Å². The van der Waals surface area contributed by atoms with Gasteiger partial charge < -0.3 is 4.74 Å². The van der Waals surface area contributed by atoms with E-state index in [2.05, 4.69) is 26.0 Å². The third kappa shape index (κ3) is 14.1. The lowest BCUT2D eigenvalue weighted by molar-refractivity contribution is 0.304. The Morgan fingerprint density at radius 1 is 0.422 bits per heavy atom. The molecule has 3 rings (SSSR count). The third-order valence-corrected chi connectivity index (χ3v) is 9.11. The normalized spacial score (nSPS) is 11.3. The standard InChI is InChI=1S/C42H60F2O/c1-3-5-7-9-11-13-15-17-19-21-23-38-30-33-40(42(44)41(38)43)37-26-24-35(25-27-37)36-28-31-39(32-29-36)45-34-22-20-18-16-14-12-10-8-6-4-2/h24-33H,3-23,34H2,1-2H3. The van der Waals surface area contributed by atoms with E-state index in [1.807, 2.05) is 36.4 Å². The van der Waals surface area contributed by atoms with Gasteiger partial charge in [0.05, 0.1) is 6.61 Å². The van der Waals surface area contributed by atoms with E-state index < -0.39 is 11.6 Å². The van der Waals surface area contributed by atoms with Crippen LogP contribution in [-0.2, 0) is 6.42 Å². The lowest BCUT2D eigenvalue weighted by Gasteiger charge is -2.11. The summed E-state index contributed by atoms with van der Waals surface area (Å²) in [7, 11) is 0. The average Bonchev–Trinajstić information content (AvgIpc) is 3.07. The number of unbranched alkanes of at least 4 members (excludes halogenated alkanes) is 18. The van der Waals surface area contributed by atoms with Gasteiger partial charge in [-0.05, 0) is 53.6 Å². The largest absolute Gasteiger partial charge is 0.494 e. The Balaban J connectivity index is 1.37. The van der Waals surface area contributed by atoms with E-state index in [1.54, 1.807) is 12.1 Å². The van der Waals surface area contributed by atoms with Crippen LogP contribution in [0.1, 0.15) is 148 Å². The van der Waals surface area contributed by atoms with Gasteiger partial charge in [-0.3, -0.25) is 0 Å². The van der Waals surface area contributed by atoms with E-state index >= 15 is 4.39 Å². The van der Waals surface area contributed by atoms with Crippen molar-refractivity contribution in [2.75, 3.05) is 6.61 Å². The zero-order valence-corrected chi connectivity index (χ0v) is 28.5. The maximum absolute atomic E-state index is 15.1. The van der Waals surface area contributed by atoms with Gasteiger partial charge in [0, 0.05) is 5.56 Å². The zero-order chi connectivity index (χ0) is 32.0. The Hall–Kier alpha value is -2.68. The first-order valence-corrected chi connectivity index (χ1v) is 18.4. The molecular formula is C42H60F2O. The van der Waals surface area contributed by atoms with Crippen molar-refractivity contribution in [3.63, 3.8) is 0 Å². The molecule has 0 heterocycles. The summed E-state index contributed by atoms with van der Waals surface area (Å²) in [6.45, 7) is 5.27. The van der Waals surface area contributed by atoms with Gasteiger partial charge in [-0.1, -0.05) is 178 Å². The van der Waals surface area contributed by atoms with Gasteiger partial charge in [-0.15, -0.1) is 0 Å². The van der Waals surface area contributed by atoms with Crippen LogP contribution in [0.4, 0.5) is 8.78 Å². The zero-order valence-electron chi connectivity index (χ0n) is 28.5. The number of halogens is 2. The maximum Gasteiger partial charge on any atom is 0.166 e. The summed E-state index contributed by atoms with van der Waals surface area (Å²) in [5.74, 6) is -0.543. The molecular weight excluding hydrogens is 558 g/mol. The minimum Gasteiger partial charge on any atom is -0.494 e. The van der Waals surface area contributed by atoms with Crippen LogP contribution in [0, 0.1) is 11.6 Å². The predicted octanol–water partition coefficient (Wildman–Crippen LogP) is 14.1. The summed E-state index contributed by atoms with van der Waals surface area (Å²) < 4.78 is 36.0. The van der Waals surface area contributed by atoms with Gasteiger partial charge in [0.2, 0.25) is 0 Å².